The van der Waals surface area contributed by atoms with Crippen molar-refractivity contribution in [3.05, 3.63) is 48.2 Å². The van der Waals surface area contributed by atoms with Crippen molar-refractivity contribution in [3.8, 4) is 5.75 Å². The zero-order valence-corrected chi connectivity index (χ0v) is 11.9. The molecule has 0 atom stereocenters. The molecule has 0 radical (unpaired) electrons. The van der Waals surface area contributed by atoms with Crippen LogP contribution in [0.1, 0.15) is 5.76 Å². The molecule has 6 nitrogen and oxygen atoms in total. The first kappa shape index (κ1) is 14.6. The van der Waals surface area contributed by atoms with Crippen molar-refractivity contribution in [3.63, 3.8) is 0 Å². The van der Waals surface area contributed by atoms with Gasteiger partial charge in [0.05, 0.1) is 6.21 Å². The van der Waals surface area contributed by atoms with Crippen molar-refractivity contribution >= 4 is 18.0 Å². The molecule has 0 fully saturated rings. The maximum atomic E-state index is 11.5. The summed E-state index contributed by atoms with van der Waals surface area (Å²) in [6.45, 7) is -0.0948. The summed E-state index contributed by atoms with van der Waals surface area (Å²) in [6, 6.07) is 12.7. The number of carbonyl (C=O) groups is 1. The van der Waals surface area contributed by atoms with Crippen LogP contribution in [0.3, 0.4) is 0 Å². The van der Waals surface area contributed by atoms with Crippen molar-refractivity contribution in [2.75, 3.05) is 25.6 Å². The van der Waals surface area contributed by atoms with Crippen LogP contribution in [-0.4, -0.2) is 32.8 Å². The van der Waals surface area contributed by atoms with Gasteiger partial charge in [-0.15, -0.1) is 0 Å². The Kier molecular flexibility index (Phi) is 4.98. The highest BCUT2D eigenvalue weighted by Gasteiger charge is 2.02. The highest BCUT2D eigenvalue weighted by molar-refractivity contribution is 5.81. The minimum Gasteiger partial charge on any atom is -0.484 e. The standard InChI is InChI=1S/C15H17N3O3/c1-18(2)15-9-8-13(21-15)10-16-17-14(19)11-20-12-6-4-3-5-7-12/h3-10H,11H2,1-2H3,(H,17,19)/b16-10-. The molecule has 0 aliphatic carbocycles. The second-order valence-corrected chi connectivity index (χ2v) is 4.47. The zero-order chi connectivity index (χ0) is 15.1. The van der Waals surface area contributed by atoms with E-state index < -0.39 is 0 Å². The minimum absolute atomic E-state index is 0.0948. The average molecular weight is 287 g/mol. The third-order valence-corrected chi connectivity index (χ3v) is 2.55. The average Bonchev–Trinajstić information content (AvgIpc) is 2.95. The smallest absolute Gasteiger partial charge is 0.277 e. The number of hydrogen-bond donors (Lipinski definition) is 1. The SMILES string of the molecule is CN(C)c1ccc(/C=N\NC(=O)COc2ccccc2)o1. The Morgan fingerprint density at radius 3 is 2.71 bits per heavy atom. The minimum atomic E-state index is -0.338. The molecule has 2 aromatic rings. The van der Waals surface area contributed by atoms with Crippen LogP contribution in [0.15, 0.2) is 52.0 Å². The summed E-state index contributed by atoms with van der Waals surface area (Å²) in [7, 11) is 3.75. The summed E-state index contributed by atoms with van der Waals surface area (Å²) < 4.78 is 10.7. The van der Waals surface area contributed by atoms with E-state index in [1.165, 1.54) is 6.21 Å². The van der Waals surface area contributed by atoms with Gasteiger partial charge in [0.15, 0.2) is 12.5 Å². The van der Waals surface area contributed by atoms with Crippen molar-refractivity contribution in [2.24, 2.45) is 5.10 Å². The van der Waals surface area contributed by atoms with Crippen molar-refractivity contribution in [1.29, 1.82) is 0 Å². The van der Waals surface area contributed by atoms with Gasteiger partial charge in [0, 0.05) is 20.2 Å². The lowest BCUT2D eigenvalue weighted by atomic mass is 10.3. The van der Waals surface area contributed by atoms with Gasteiger partial charge in [-0.1, -0.05) is 18.2 Å². The number of carbonyl (C=O) groups excluding carboxylic acids is 1. The van der Waals surface area contributed by atoms with Crippen LogP contribution in [0.5, 0.6) is 5.75 Å². The Hall–Kier alpha value is -2.76. The molecule has 0 spiro atoms. The zero-order valence-electron chi connectivity index (χ0n) is 11.9. The van der Waals surface area contributed by atoms with Gasteiger partial charge in [0.1, 0.15) is 11.5 Å². The van der Waals surface area contributed by atoms with Crippen molar-refractivity contribution < 1.29 is 13.9 Å². The molecule has 1 heterocycles. The lowest BCUT2D eigenvalue weighted by Gasteiger charge is -2.05. The Balaban J connectivity index is 1.76. The van der Waals surface area contributed by atoms with E-state index in [4.69, 9.17) is 9.15 Å². The maximum absolute atomic E-state index is 11.5. The second-order valence-electron chi connectivity index (χ2n) is 4.47. The highest BCUT2D eigenvalue weighted by Crippen LogP contribution is 2.14. The molecule has 0 bridgehead atoms. The van der Waals surface area contributed by atoms with E-state index in [1.807, 2.05) is 43.3 Å². The number of nitrogens with one attached hydrogen (secondary N) is 1. The van der Waals surface area contributed by atoms with E-state index in [9.17, 15) is 4.79 Å². The largest absolute Gasteiger partial charge is 0.484 e. The molecule has 1 aromatic heterocycles. The molecular weight excluding hydrogens is 270 g/mol. The lowest BCUT2D eigenvalue weighted by Crippen LogP contribution is -2.24. The summed E-state index contributed by atoms with van der Waals surface area (Å²) in [5, 5.41) is 3.81. The van der Waals surface area contributed by atoms with E-state index in [-0.39, 0.29) is 12.5 Å². The van der Waals surface area contributed by atoms with E-state index in [1.54, 1.807) is 18.2 Å². The summed E-state index contributed by atoms with van der Waals surface area (Å²) >= 11 is 0. The Morgan fingerprint density at radius 1 is 1.29 bits per heavy atom. The van der Waals surface area contributed by atoms with Gasteiger partial charge in [0.25, 0.3) is 5.91 Å². The normalized spacial score (nSPS) is 10.6. The van der Waals surface area contributed by atoms with Crippen molar-refractivity contribution in [1.82, 2.24) is 5.43 Å². The van der Waals surface area contributed by atoms with Gasteiger partial charge in [-0.25, -0.2) is 5.43 Å². The molecule has 1 amide bonds. The number of amides is 1. The lowest BCUT2D eigenvalue weighted by molar-refractivity contribution is -0.123. The first-order chi connectivity index (χ1) is 10.1. The molecule has 0 aliphatic heterocycles. The molecule has 0 aliphatic rings. The molecule has 1 N–H and O–H groups in total. The summed E-state index contributed by atoms with van der Waals surface area (Å²) in [6.07, 6.45) is 1.44. The third-order valence-electron chi connectivity index (χ3n) is 2.55. The van der Waals surface area contributed by atoms with Crippen LogP contribution in [0, 0.1) is 0 Å². The van der Waals surface area contributed by atoms with Crippen LogP contribution < -0.4 is 15.1 Å². The molecule has 0 saturated carbocycles. The first-order valence-corrected chi connectivity index (χ1v) is 6.42. The van der Waals surface area contributed by atoms with Crippen molar-refractivity contribution in [2.45, 2.75) is 0 Å². The van der Waals surface area contributed by atoms with Crippen LogP contribution in [-0.2, 0) is 4.79 Å². The predicted octanol–water partition coefficient (Wildman–Crippen LogP) is 1.87. The molecule has 1 aromatic carbocycles. The van der Waals surface area contributed by atoms with E-state index in [2.05, 4.69) is 10.5 Å². The highest BCUT2D eigenvalue weighted by atomic mass is 16.5. The fourth-order valence-electron chi connectivity index (χ4n) is 1.52. The number of ether oxygens (including phenoxy) is 1. The number of rotatable bonds is 6. The summed E-state index contributed by atoms with van der Waals surface area (Å²) in [4.78, 5) is 13.4. The van der Waals surface area contributed by atoms with Gasteiger partial charge in [0.2, 0.25) is 0 Å². The maximum Gasteiger partial charge on any atom is 0.277 e. The molecule has 0 unspecified atom stereocenters. The summed E-state index contributed by atoms with van der Waals surface area (Å²) in [5.41, 5.74) is 2.37. The summed E-state index contributed by atoms with van der Waals surface area (Å²) in [5.74, 6) is 1.57. The van der Waals surface area contributed by atoms with Crippen LogP contribution in [0.4, 0.5) is 5.88 Å². The first-order valence-electron chi connectivity index (χ1n) is 6.42. The number of anilines is 1. The van der Waals surface area contributed by atoms with E-state index in [0.29, 0.717) is 11.5 Å². The quantitative estimate of drug-likeness (QED) is 0.650. The molecule has 21 heavy (non-hydrogen) atoms. The second kappa shape index (κ2) is 7.14. The predicted molar refractivity (Wildman–Crippen MR) is 80.7 cm³/mol. The molecule has 110 valence electrons. The number of benzene rings is 1. The van der Waals surface area contributed by atoms with Crippen LogP contribution in [0.2, 0.25) is 0 Å². The van der Waals surface area contributed by atoms with Gasteiger partial charge in [-0.3, -0.25) is 4.79 Å². The Bertz CT molecular complexity index is 606. The Labute approximate surface area is 123 Å². The van der Waals surface area contributed by atoms with Gasteiger partial charge in [-0.05, 0) is 18.2 Å². The third kappa shape index (κ3) is 4.68. The molecule has 2 rings (SSSR count). The number of hydrazone groups is 1. The van der Waals surface area contributed by atoms with Gasteiger partial charge in [-0.2, -0.15) is 5.10 Å². The number of nitrogens with zero attached hydrogens (tertiary/aromatic N) is 2. The monoisotopic (exact) mass is 287 g/mol. The van der Waals surface area contributed by atoms with Crippen LogP contribution >= 0.6 is 0 Å². The van der Waals surface area contributed by atoms with Crippen LogP contribution in [0.25, 0.3) is 0 Å². The van der Waals surface area contributed by atoms with Gasteiger partial charge < -0.3 is 14.1 Å². The number of hydrogen-bond acceptors (Lipinski definition) is 5. The van der Waals surface area contributed by atoms with E-state index >= 15 is 0 Å². The fraction of sp³-hybridized carbons (Fsp3) is 0.200. The number of furan rings is 1. The number of para-hydroxylation sites is 1. The molecule has 0 saturated heterocycles. The Morgan fingerprint density at radius 2 is 2.05 bits per heavy atom. The molecule has 6 heteroatoms. The fourth-order valence-corrected chi connectivity index (χ4v) is 1.52. The van der Waals surface area contributed by atoms with E-state index in [0.717, 1.165) is 5.88 Å². The topological polar surface area (TPSA) is 67.1 Å². The molecular formula is C15H17N3O3. The van der Waals surface area contributed by atoms with Gasteiger partial charge >= 0.3 is 0 Å².